The van der Waals surface area contributed by atoms with Crippen molar-refractivity contribution in [2.24, 2.45) is 5.73 Å². The molecule has 1 fully saturated rings. The first kappa shape index (κ1) is 24.1. The third-order valence-electron chi connectivity index (χ3n) is 6.29. The van der Waals surface area contributed by atoms with E-state index in [9.17, 15) is 9.59 Å². The predicted molar refractivity (Wildman–Crippen MR) is 135 cm³/mol. The molecular formula is C26H26FN7O3. The Kier molecular flexibility index (Phi) is 6.60. The third kappa shape index (κ3) is 5.02. The van der Waals surface area contributed by atoms with Crippen molar-refractivity contribution in [2.45, 2.75) is 25.0 Å². The van der Waals surface area contributed by atoms with Gasteiger partial charge in [-0.2, -0.15) is 9.89 Å². The van der Waals surface area contributed by atoms with Crippen LogP contribution in [0.4, 0.5) is 10.1 Å². The number of anilines is 1. The number of para-hydroxylation sites is 1. The minimum Gasteiger partial charge on any atom is -0.457 e. The highest BCUT2D eigenvalue weighted by Crippen LogP contribution is 2.37. The molecular weight excluding hydrogens is 477 g/mol. The topological polar surface area (TPSA) is 118 Å². The Morgan fingerprint density at radius 3 is 2.57 bits per heavy atom. The Labute approximate surface area is 212 Å². The number of amides is 2. The lowest BCUT2D eigenvalue weighted by atomic mass is 9.85. The molecule has 1 atom stereocenters. The highest BCUT2D eigenvalue weighted by atomic mass is 19.1. The quantitative estimate of drug-likeness (QED) is 0.350. The van der Waals surface area contributed by atoms with E-state index in [4.69, 9.17) is 10.5 Å². The maximum atomic E-state index is 15.3. The van der Waals surface area contributed by atoms with Crippen LogP contribution in [0.5, 0.6) is 11.5 Å². The number of aromatic nitrogens is 2. The van der Waals surface area contributed by atoms with Crippen molar-refractivity contribution in [1.29, 1.82) is 0 Å². The van der Waals surface area contributed by atoms with E-state index >= 15 is 4.39 Å². The number of halogens is 1. The average Bonchev–Trinajstić information content (AvgIpc) is 3.37. The summed E-state index contributed by atoms with van der Waals surface area (Å²) in [5, 5.41) is 6.42. The van der Waals surface area contributed by atoms with Crippen LogP contribution in [0.3, 0.4) is 0 Å². The summed E-state index contributed by atoms with van der Waals surface area (Å²) in [6.07, 6.45) is 4.79. The maximum Gasteiger partial charge on any atom is 0.262 e. The van der Waals surface area contributed by atoms with E-state index < -0.39 is 23.8 Å². The maximum absolute atomic E-state index is 15.3. The third-order valence-corrected chi connectivity index (χ3v) is 6.29. The summed E-state index contributed by atoms with van der Waals surface area (Å²) < 4.78 is 21.0. The lowest BCUT2D eigenvalue weighted by Gasteiger charge is -2.48. The number of nitrogens with two attached hydrogens (primary N) is 1. The number of hydrogen-bond donors (Lipinski definition) is 3. The second kappa shape index (κ2) is 10.2. The van der Waals surface area contributed by atoms with Gasteiger partial charge in [-0.1, -0.05) is 30.4 Å². The molecule has 2 heterocycles. The van der Waals surface area contributed by atoms with E-state index in [-0.39, 0.29) is 6.04 Å². The molecule has 2 aromatic carbocycles. The van der Waals surface area contributed by atoms with E-state index in [0.29, 0.717) is 36.7 Å². The standard InChI is InChI=1S/C26H26FN7O3/c1-2-24(35)30-31-25(36)14-17-12-18(13-17)33-16-32(26(28)23-10-11-29-34(23)33)22-9-8-20(15-21(22)27)37-19-6-4-3-5-7-19/h2-11,14-15,18,26H,1,12-13,16,28H2,(H,30,35)(H,31,36). The van der Waals surface area contributed by atoms with Gasteiger partial charge >= 0.3 is 0 Å². The molecule has 1 unspecified atom stereocenters. The molecule has 190 valence electrons. The zero-order valence-electron chi connectivity index (χ0n) is 19.9. The first-order valence-electron chi connectivity index (χ1n) is 11.7. The summed E-state index contributed by atoms with van der Waals surface area (Å²) in [6, 6.07) is 15.7. The number of hydrogen-bond acceptors (Lipinski definition) is 7. The summed E-state index contributed by atoms with van der Waals surface area (Å²) in [5.41, 5.74) is 13.0. The number of nitrogens with one attached hydrogen (secondary N) is 2. The molecule has 0 bridgehead atoms. The average molecular weight is 504 g/mol. The summed E-state index contributed by atoms with van der Waals surface area (Å²) in [7, 11) is 0. The fourth-order valence-electron chi connectivity index (χ4n) is 4.38. The molecule has 0 spiro atoms. The molecule has 1 aliphatic heterocycles. The number of nitrogens with zero attached hydrogens (tertiary/aromatic N) is 4. The lowest BCUT2D eigenvalue weighted by molar-refractivity contribution is -0.123. The first-order valence-corrected chi connectivity index (χ1v) is 11.7. The van der Waals surface area contributed by atoms with E-state index in [1.807, 2.05) is 23.2 Å². The van der Waals surface area contributed by atoms with Crippen LogP contribution in [-0.2, 0) is 9.59 Å². The van der Waals surface area contributed by atoms with E-state index in [2.05, 4.69) is 22.5 Å². The highest BCUT2D eigenvalue weighted by molar-refractivity contribution is 5.93. The zero-order chi connectivity index (χ0) is 25.9. The molecule has 2 aliphatic rings. The van der Waals surface area contributed by atoms with Gasteiger partial charge in [0.25, 0.3) is 11.8 Å². The molecule has 11 heteroatoms. The van der Waals surface area contributed by atoms with Gasteiger partial charge in [-0.15, -0.1) is 0 Å². The number of rotatable bonds is 6. The number of carbonyl (C=O) groups excluding carboxylic acids is 2. The molecule has 10 nitrogen and oxygen atoms in total. The monoisotopic (exact) mass is 503 g/mol. The molecule has 5 rings (SSSR count). The molecule has 0 radical (unpaired) electrons. The predicted octanol–water partition coefficient (Wildman–Crippen LogP) is 2.61. The molecule has 0 saturated heterocycles. The van der Waals surface area contributed by atoms with E-state index in [1.165, 1.54) is 12.1 Å². The Bertz CT molecular complexity index is 1350. The van der Waals surface area contributed by atoms with Crippen LogP contribution in [0, 0.1) is 5.82 Å². The van der Waals surface area contributed by atoms with Gasteiger partial charge in [0, 0.05) is 12.1 Å². The Hall–Kier alpha value is -4.64. The molecule has 4 N–H and O–H groups in total. The second-order valence-electron chi connectivity index (χ2n) is 8.72. The van der Waals surface area contributed by atoms with Gasteiger partial charge < -0.3 is 15.4 Å². The lowest BCUT2D eigenvalue weighted by Crippen LogP contribution is -2.60. The Morgan fingerprint density at radius 2 is 1.84 bits per heavy atom. The van der Waals surface area contributed by atoms with Crippen LogP contribution in [0.25, 0.3) is 0 Å². The van der Waals surface area contributed by atoms with Gasteiger partial charge in [0.1, 0.15) is 30.2 Å². The molecule has 1 aromatic heterocycles. The number of fused-ring (bicyclic) bond motifs is 1. The minimum atomic E-state index is -0.608. The normalized spacial score (nSPS) is 18.4. The van der Waals surface area contributed by atoms with E-state index in [0.717, 1.165) is 17.3 Å². The zero-order valence-corrected chi connectivity index (χ0v) is 19.9. The summed E-state index contributed by atoms with van der Waals surface area (Å²) in [5.74, 6) is -0.378. The van der Waals surface area contributed by atoms with Crippen LogP contribution in [-0.4, -0.2) is 34.4 Å². The molecule has 1 saturated carbocycles. The van der Waals surface area contributed by atoms with Crippen LogP contribution in [0.2, 0.25) is 0 Å². The number of ether oxygens (including phenoxy) is 1. The SMILES string of the molecule is C=CC(=O)NNC(=O)C=C1CC(N2CN(c3ccc(Oc4ccccc4)cc3F)C(N)c3ccnn32)C1. The van der Waals surface area contributed by atoms with Crippen molar-refractivity contribution in [3.05, 3.63) is 96.6 Å². The fourth-order valence-corrected chi connectivity index (χ4v) is 4.38. The van der Waals surface area contributed by atoms with Gasteiger partial charge in [-0.05, 0) is 49.2 Å². The van der Waals surface area contributed by atoms with Crippen LogP contribution in [0.15, 0.2) is 85.1 Å². The van der Waals surface area contributed by atoms with Gasteiger partial charge in [0.15, 0.2) is 0 Å². The van der Waals surface area contributed by atoms with Crippen molar-refractivity contribution < 1.29 is 18.7 Å². The van der Waals surface area contributed by atoms with Crippen LogP contribution < -0.4 is 31.2 Å². The van der Waals surface area contributed by atoms with Crippen molar-refractivity contribution in [3.8, 4) is 11.5 Å². The van der Waals surface area contributed by atoms with E-state index in [1.54, 1.807) is 46.2 Å². The molecule has 37 heavy (non-hydrogen) atoms. The van der Waals surface area contributed by atoms with Crippen molar-refractivity contribution >= 4 is 17.5 Å². The van der Waals surface area contributed by atoms with Gasteiger partial charge in [0.2, 0.25) is 0 Å². The Morgan fingerprint density at radius 1 is 1.08 bits per heavy atom. The van der Waals surface area contributed by atoms with Crippen molar-refractivity contribution in [1.82, 2.24) is 20.7 Å². The fraction of sp³-hybridized carbons (Fsp3) is 0.192. The summed E-state index contributed by atoms with van der Waals surface area (Å²) in [6.45, 7) is 3.62. The first-order chi connectivity index (χ1) is 17.9. The van der Waals surface area contributed by atoms with Crippen molar-refractivity contribution in [2.75, 3.05) is 16.6 Å². The number of hydrazine groups is 1. The Balaban J connectivity index is 1.30. The second-order valence-corrected chi connectivity index (χ2v) is 8.72. The van der Waals surface area contributed by atoms with Crippen LogP contribution >= 0.6 is 0 Å². The summed E-state index contributed by atoms with van der Waals surface area (Å²) in [4.78, 5) is 26.8. The smallest absolute Gasteiger partial charge is 0.262 e. The van der Waals surface area contributed by atoms with Gasteiger partial charge in [-0.3, -0.25) is 25.4 Å². The minimum absolute atomic E-state index is 0.0271. The summed E-state index contributed by atoms with van der Waals surface area (Å²) >= 11 is 0. The molecule has 3 aromatic rings. The van der Waals surface area contributed by atoms with Crippen LogP contribution in [0.1, 0.15) is 24.7 Å². The molecule has 2 amide bonds. The number of benzene rings is 2. The highest BCUT2D eigenvalue weighted by Gasteiger charge is 2.38. The van der Waals surface area contributed by atoms with Gasteiger partial charge in [0.05, 0.1) is 23.6 Å². The number of carbonyl (C=O) groups is 2. The largest absolute Gasteiger partial charge is 0.457 e. The van der Waals surface area contributed by atoms with Crippen molar-refractivity contribution in [3.63, 3.8) is 0 Å². The molecule has 1 aliphatic carbocycles. The van der Waals surface area contributed by atoms with Gasteiger partial charge in [-0.25, -0.2) is 4.39 Å².